The number of aromatic nitrogens is 1. The molecule has 2 aromatic rings. The lowest BCUT2D eigenvalue weighted by molar-refractivity contribution is 0.130. The Morgan fingerprint density at radius 3 is 2.80 bits per heavy atom. The Kier molecular flexibility index (Phi) is 3.90. The molecule has 6 heteroatoms. The molecule has 2 aliphatic heterocycles. The molecule has 2 aromatic heterocycles. The van der Waals surface area contributed by atoms with E-state index < -0.39 is 0 Å². The fourth-order valence-corrected chi connectivity index (χ4v) is 4.07. The van der Waals surface area contributed by atoms with E-state index in [2.05, 4.69) is 5.32 Å². The van der Waals surface area contributed by atoms with Crippen molar-refractivity contribution in [2.24, 2.45) is 5.92 Å². The maximum atomic E-state index is 12.9. The third-order valence-electron chi connectivity index (χ3n) is 5.09. The van der Waals surface area contributed by atoms with Crippen molar-refractivity contribution in [3.05, 3.63) is 46.6 Å². The molecule has 0 spiro atoms. The number of rotatable bonds is 2. The van der Waals surface area contributed by atoms with E-state index in [0.29, 0.717) is 36.9 Å². The summed E-state index contributed by atoms with van der Waals surface area (Å²) in [7, 11) is 0. The summed E-state index contributed by atoms with van der Waals surface area (Å²) < 4.78 is 7.28. The van der Waals surface area contributed by atoms with Crippen LogP contribution in [0.25, 0.3) is 11.3 Å². The molecule has 0 aliphatic carbocycles. The molecule has 1 fully saturated rings. The van der Waals surface area contributed by atoms with Gasteiger partial charge in [0.15, 0.2) is 0 Å². The minimum absolute atomic E-state index is 0.00207. The van der Waals surface area contributed by atoms with Gasteiger partial charge in [-0.15, -0.1) is 0 Å². The van der Waals surface area contributed by atoms with Crippen molar-refractivity contribution < 1.29 is 9.21 Å². The largest absolute Gasteiger partial charge is 0.464 e. The molecule has 1 N–H and O–H groups in total. The predicted octanol–water partition coefficient (Wildman–Crippen LogP) is 2.65. The maximum absolute atomic E-state index is 12.9. The predicted molar refractivity (Wildman–Crippen MR) is 94.5 cm³/mol. The lowest BCUT2D eigenvalue weighted by atomic mass is 9.83. The van der Waals surface area contributed by atoms with Crippen LogP contribution >= 0.6 is 0 Å². The number of pyridine rings is 1. The number of nitrogens with zero attached hydrogens (tertiary/aromatic N) is 2. The molecule has 6 nitrogen and oxygen atoms in total. The van der Waals surface area contributed by atoms with Crippen LogP contribution < -0.4 is 10.9 Å². The highest BCUT2D eigenvalue weighted by molar-refractivity contribution is 5.74. The minimum atomic E-state index is -0.00676. The summed E-state index contributed by atoms with van der Waals surface area (Å²) in [6.45, 7) is 5.95. The van der Waals surface area contributed by atoms with Crippen LogP contribution in [0.4, 0.5) is 4.79 Å². The van der Waals surface area contributed by atoms with Crippen LogP contribution in [0.5, 0.6) is 0 Å². The Hall–Kier alpha value is -2.50. The summed E-state index contributed by atoms with van der Waals surface area (Å²) >= 11 is 0. The number of hydrogen-bond donors (Lipinski definition) is 1. The van der Waals surface area contributed by atoms with Gasteiger partial charge < -0.3 is 19.2 Å². The van der Waals surface area contributed by atoms with Crippen molar-refractivity contribution in [1.29, 1.82) is 0 Å². The minimum Gasteiger partial charge on any atom is -0.464 e. The molecule has 0 radical (unpaired) electrons. The average molecular weight is 341 g/mol. The summed E-state index contributed by atoms with van der Waals surface area (Å²) in [6, 6.07) is 7.59. The first-order valence-corrected chi connectivity index (χ1v) is 8.86. The summed E-state index contributed by atoms with van der Waals surface area (Å²) in [5.41, 5.74) is 1.63. The highest BCUT2D eigenvalue weighted by Gasteiger charge is 2.36. The normalized spacial score (nSPS) is 22.0. The summed E-state index contributed by atoms with van der Waals surface area (Å²) in [5.74, 6) is 1.13. The Bertz CT molecular complexity index is 838. The zero-order valence-corrected chi connectivity index (χ0v) is 14.6. The van der Waals surface area contributed by atoms with Crippen LogP contribution in [0.1, 0.15) is 31.9 Å². The SMILES string of the molecule is CC(C)NC(=O)N1C[C@@H]2C[C@H](C1)c1ccc(-c3ccco3)c(=O)n1C2. The smallest absolute Gasteiger partial charge is 0.317 e. The zero-order chi connectivity index (χ0) is 17.6. The fourth-order valence-electron chi connectivity index (χ4n) is 4.07. The van der Waals surface area contributed by atoms with Gasteiger partial charge in [0.05, 0.1) is 11.8 Å². The van der Waals surface area contributed by atoms with Gasteiger partial charge in [0, 0.05) is 37.3 Å². The molecule has 2 bridgehead atoms. The molecule has 0 aromatic carbocycles. The van der Waals surface area contributed by atoms with E-state index >= 15 is 0 Å². The second-order valence-corrected chi connectivity index (χ2v) is 7.37. The Morgan fingerprint density at radius 2 is 2.08 bits per heavy atom. The summed E-state index contributed by atoms with van der Waals surface area (Å²) in [4.78, 5) is 27.2. The number of likely N-dealkylation sites (tertiary alicyclic amines) is 1. The van der Waals surface area contributed by atoms with Gasteiger partial charge in [-0.3, -0.25) is 4.79 Å². The Balaban J connectivity index is 1.64. The molecule has 2 aliphatic rings. The van der Waals surface area contributed by atoms with Gasteiger partial charge >= 0.3 is 6.03 Å². The van der Waals surface area contributed by atoms with Crippen molar-refractivity contribution in [3.8, 4) is 11.3 Å². The number of carbonyl (C=O) groups is 1. The summed E-state index contributed by atoms with van der Waals surface area (Å²) in [6.07, 6.45) is 2.61. The highest BCUT2D eigenvalue weighted by Crippen LogP contribution is 2.35. The monoisotopic (exact) mass is 341 g/mol. The molecule has 0 unspecified atom stereocenters. The number of piperidine rings is 1. The topological polar surface area (TPSA) is 67.5 Å². The number of fused-ring (bicyclic) bond motifs is 4. The van der Waals surface area contributed by atoms with Crippen LogP contribution in [0.15, 0.2) is 39.7 Å². The lowest BCUT2D eigenvalue weighted by Gasteiger charge is -2.43. The second-order valence-electron chi connectivity index (χ2n) is 7.37. The maximum Gasteiger partial charge on any atom is 0.317 e. The van der Waals surface area contributed by atoms with Gasteiger partial charge in [0.2, 0.25) is 0 Å². The van der Waals surface area contributed by atoms with E-state index in [0.717, 1.165) is 12.1 Å². The van der Waals surface area contributed by atoms with Crippen LogP contribution in [-0.4, -0.2) is 34.6 Å². The van der Waals surface area contributed by atoms with Crippen molar-refractivity contribution >= 4 is 6.03 Å². The van der Waals surface area contributed by atoms with E-state index in [1.807, 2.05) is 41.5 Å². The van der Waals surface area contributed by atoms with Gasteiger partial charge in [-0.05, 0) is 50.5 Å². The molecule has 0 saturated carbocycles. The second kappa shape index (κ2) is 6.10. The molecular formula is C19H23N3O3. The molecule has 25 heavy (non-hydrogen) atoms. The molecule has 2 amide bonds. The molecule has 132 valence electrons. The first kappa shape index (κ1) is 16.0. The van der Waals surface area contributed by atoms with Crippen LogP contribution in [-0.2, 0) is 6.54 Å². The van der Waals surface area contributed by atoms with Crippen molar-refractivity contribution in [2.75, 3.05) is 13.1 Å². The standard InChI is InChI=1S/C19H23N3O3/c1-12(2)20-19(24)21-9-13-8-14(11-21)16-6-5-15(17-4-3-7-25-17)18(23)22(16)10-13/h3-7,12-14H,8-11H2,1-2H3,(H,20,24)/t13-,14+/m0/s1. The van der Waals surface area contributed by atoms with Crippen LogP contribution in [0, 0.1) is 5.92 Å². The van der Waals surface area contributed by atoms with Crippen LogP contribution in [0.2, 0.25) is 0 Å². The van der Waals surface area contributed by atoms with Crippen molar-refractivity contribution in [1.82, 2.24) is 14.8 Å². The first-order valence-electron chi connectivity index (χ1n) is 8.86. The first-order chi connectivity index (χ1) is 12.0. The summed E-state index contributed by atoms with van der Waals surface area (Å²) in [5, 5.41) is 2.97. The quantitative estimate of drug-likeness (QED) is 0.913. The van der Waals surface area contributed by atoms with Crippen LogP contribution in [0.3, 0.4) is 0 Å². The van der Waals surface area contributed by atoms with Crippen molar-refractivity contribution in [2.45, 2.75) is 38.8 Å². The number of furan rings is 1. The third kappa shape index (κ3) is 2.86. The van der Waals surface area contributed by atoms with E-state index in [9.17, 15) is 9.59 Å². The molecule has 1 saturated heterocycles. The van der Waals surface area contributed by atoms with E-state index in [4.69, 9.17) is 4.42 Å². The molecule has 4 heterocycles. The number of hydrogen-bond acceptors (Lipinski definition) is 3. The average Bonchev–Trinajstić information content (AvgIpc) is 3.09. The van der Waals surface area contributed by atoms with Gasteiger partial charge in [-0.1, -0.05) is 0 Å². The Labute approximate surface area is 146 Å². The van der Waals surface area contributed by atoms with E-state index in [-0.39, 0.29) is 23.6 Å². The number of nitrogens with one attached hydrogen (secondary N) is 1. The lowest BCUT2D eigenvalue weighted by Crippen LogP contribution is -2.52. The molecule has 2 atom stereocenters. The fraction of sp³-hybridized carbons (Fsp3) is 0.474. The van der Waals surface area contributed by atoms with Gasteiger partial charge in [0.1, 0.15) is 5.76 Å². The highest BCUT2D eigenvalue weighted by atomic mass is 16.3. The number of urea groups is 1. The van der Waals surface area contributed by atoms with E-state index in [1.54, 1.807) is 12.3 Å². The number of carbonyl (C=O) groups excluding carboxylic acids is 1. The van der Waals surface area contributed by atoms with Crippen molar-refractivity contribution in [3.63, 3.8) is 0 Å². The Morgan fingerprint density at radius 1 is 1.24 bits per heavy atom. The van der Waals surface area contributed by atoms with Gasteiger partial charge in [-0.2, -0.15) is 0 Å². The molecular weight excluding hydrogens is 318 g/mol. The number of amides is 2. The third-order valence-corrected chi connectivity index (χ3v) is 5.09. The van der Waals surface area contributed by atoms with Gasteiger partial charge in [0.25, 0.3) is 5.56 Å². The van der Waals surface area contributed by atoms with Gasteiger partial charge in [-0.25, -0.2) is 4.79 Å². The van der Waals surface area contributed by atoms with E-state index in [1.165, 1.54) is 0 Å². The molecule has 4 rings (SSSR count). The zero-order valence-electron chi connectivity index (χ0n) is 14.6.